The molecular formula is C12H15N3O2S. The van der Waals surface area contributed by atoms with E-state index in [1.165, 1.54) is 22.2 Å². The van der Waals surface area contributed by atoms with Crippen LogP contribution in [0.4, 0.5) is 0 Å². The summed E-state index contributed by atoms with van der Waals surface area (Å²) >= 11 is 1.35. The van der Waals surface area contributed by atoms with Gasteiger partial charge in [-0.05, 0) is 24.8 Å². The van der Waals surface area contributed by atoms with Gasteiger partial charge in [-0.1, -0.05) is 6.92 Å². The summed E-state index contributed by atoms with van der Waals surface area (Å²) in [7, 11) is 0. The van der Waals surface area contributed by atoms with Crippen molar-refractivity contribution in [1.82, 2.24) is 14.9 Å². The van der Waals surface area contributed by atoms with Gasteiger partial charge in [-0.25, -0.2) is 4.98 Å². The summed E-state index contributed by atoms with van der Waals surface area (Å²) in [6.45, 7) is 3.95. The molecule has 0 radical (unpaired) electrons. The molecule has 1 N–H and O–H groups in total. The topological polar surface area (TPSA) is 64.0 Å². The van der Waals surface area contributed by atoms with Gasteiger partial charge in [0.25, 0.3) is 5.56 Å². The molecule has 6 heteroatoms. The van der Waals surface area contributed by atoms with E-state index in [0.717, 1.165) is 6.42 Å². The SMILES string of the molecule is CCC(C)NC(=O)Cn1cnc2ccsc2c1=O. The molecule has 2 aromatic heterocycles. The predicted molar refractivity (Wildman–Crippen MR) is 71.8 cm³/mol. The van der Waals surface area contributed by atoms with E-state index >= 15 is 0 Å². The molecule has 1 atom stereocenters. The van der Waals surface area contributed by atoms with E-state index in [4.69, 9.17) is 0 Å². The fourth-order valence-electron chi connectivity index (χ4n) is 1.57. The minimum Gasteiger partial charge on any atom is -0.352 e. The number of rotatable bonds is 4. The Hall–Kier alpha value is -1.69. The monoisotopic (exact) mass is 265 g/mol. The van der Waals surface area contributed by atoms with Crippen molar-refractivity contribution in [2.45, 2.75) is 32.9 Å². The lowest BCUT2D eigenvalue weighted by Gasteiger charge is -2.11. The molecule has 0 spiro atoms. The predicted octanol–water partition coefficient (Wildman–Crippen LogP) is 1.37. The molecule has 5 nitrogen and oxygen atoms in total. The van der Waals surface area contributed by atoms with Gasteiger partial charge in [0.15, 0.2) is 0 Å². The zero-order valence-corrected chi connectivity index (χ0v) is 11.2. The molecule has 2 rings (SSSR count). The van der Waals surface area contributed by atoms with Crippen LogP contribution in [0.5, 0.6) is 0 Å². The molecular weight excluding hydrogens is 250 g/mol. The lowest BCUT2D eigenvalue weighted by molar-refractivity contribution is -0.122. The van der Waals surface area contributed by atoms with Crippen molar-refractivity contribution in [2.24, 2.45) is 0 Å². The van der Waals surface area contributed by atoms with Crippen LogP contribution in [0.25, 0.3) is 10.2 Å². The Bertz CT molecular complexity index is 617. The standard InChI is InChI=1S/C12H15N3O2S/c1-3-8(2)14-10(16)6-15-7-13-9-4-5-18-11(9)12(15)17/h4-5,7-8H,3,6H2,1-2H3,(H,14,16). The number of carbonyl (C=O) groups is 1. The first-order valence-corrected chi connectivity index (χ1v) is 6.71. The van der Waals surface area contributed by atoms with E-state index in [9.17, 15) is 9.59 Å². The fourth-order valence-corrected chi connectivity index (χ4v) is 2.36. The Labute approximate surface area is 108 Å². The summed E-state index contributed by atoms with van der Waals surface area (Å²) in [6.07, 6.45) is 2.29. The van der Waals surface area contributed by atoms with Gasteiger partial charge in [-0.3, -0.25) is 14.2 Å². The largest absolute Gasteiger partial charge is 0.352 e. The van der Waals surface area contributed by atoms with Crippen molar-refractivity contribution in [2.75, 3.05) is 0 Å². The average Bonchev–Trinajstić information content (AvgIpc) is 2.81. The molecule has 1 unspecified atom stereocenters. The van der Waals surface area contributed by atoms with Gasteiger partial charge < -0.3 is 5.32 Å². The molecule has 0 aliphatic rings. The van der Waals surface area contributed by atoms with Gasteiger partial charge in [0.05, 0.1) is 11.8 Å². The highest BCUT2D eigenvalue weighted by molar-refractivity contribution is 7.17. The van der Waals surface area contributed by atoms with Crippen LogP contribution in [0.3, 0.4) is 0 Å². The molecule has 0 aliphatic heterocycles. The highest BCUT2D eigenvalue weighted by atomic mass is 32.1. The summed E-state index contributed by atoms with van der Waals surface area (Å²) < 4.78 is 1.94. The normalized spacial score (nSPS) is 12.6. The molecule has 1 amide bonds. The van der Waals surface area contributed by atoms with Crippen molar-refractivity contribution in [1.29, 1.82) is 0 Å². The molecule has 0 bridgehead atoms. The Morgan fingerprint density at radius 1 is 1.61 bits per heavy atom. The quantitative estimate of drug-likeness (QED) is 0.908. The van der Waals surface area contributed by atoms with Crippen LogP contribution < -0.4 is 10.9 Å². The zero-order valence-electron chi connectivity index (χ0n) is 10.3. The van der Waals surface area contributed by atoms with E-state index in [2.05, 4.69) is 10.3 Å². The van der Waals surface area contributed by atoms with Crippen LogP contribution in [0, 0.1) is 0 Å². The summed E-state index contributed by atoms with van der Waals surface area (Å²) in [6, 6.07) is 1.91. The first kappa shape index (κ1) is 12.8. The fraction of sp³-hybridized carbons (Fsp3) is 0.417. The number of amides is 1. The first-order valence-electron chi connectivity index (χ1n) is 5.83. The maximum Gasteiger partial charge on any atom is 0.271 e. The second kappa shape index (κ2) is 5.30. The second-order valence-electron chi connectivity index (χ2n) is 4.19. The Kier molecular flexibility index (Phi) is 3.76. The van der Waals surface area contributed by atoms with E-state index in [1.807, 2.05) is 19.2 Å². The van der Waals surface area contributed by atoms with Crippen molar-refractivity contribution in [3.05, 3.63) is 28.1 Å². The van der Waals surface area contributed by atoms with E-state index in [1.54, 1.807) is 6.07 Å². The Morgan fingerprint density at radius 3 is 3.11 bits per heavy atom. The molecule has 2 heterocycles. The van der Waals surface area contributed by atoms with Crippen LogP contribution in [-0.4, -0.2) is 21.5 Å². The highest BCUT2D eigenvalue weighted by Gasteiger charge is 2.10. The van der Waals surface area contributed by atoms with E-state index < -0.39 is 0 Å². The lowest BCUT2D eigenvalue weighted by atomic mass is 10.2. The van der Waals surface area contributed by atoms with Crippen LogP contribution in [0.15, 0.2) is 22.6 Å². The molecule has 0 saturated carbocycles. The van der Waals surface area contributed by atoms with Crippen molar-refractivity contribution in [3.8, 4) is 0 Å². The molecule has 0 aromatic carbocycles. The van der Waals surface area contributed by atoms with Gasteiger partial charge in [0.2, 0.25) is 5.91 Å². The summed E-state index contributed by atoms with van der Waals surface area (Å²) in [5.74, 6) is -0.163. The maximum absolute atomic E-state index is 12.0. The smallest absolute Gasteiger partial charge is 0.271 e. The number of hydrogen-bond acceptors (Lipinski definition) is 4. The van der Waals surface area contributed by atoms with Gasteiger partial charge in [-0.15, -0.1) is 11.3 Å². The van der Waals surface area contributed by atoms with E-state index in [0.29, 0.717) is 10.2 Å². The number of nitrogens with one attached hydrogen (secondary N) is 1. The maximum atomic E-state index is 12.0. The number of nitrogens with zero attached hydrogens (tertiary/aromatic N) is 2. The number of aromatic nitrogens is 2. The third-order valence-corrected chi connectivity index (χ3v) is 3.66. The highest BCUT2D eigenvalue weighted by Crippen LogP contribution is 2.12. The van der Waals surface area contributed by atoms with Gasteiger partial charge in [0, 0.05) is 6.04 Å². The molecule has 0 saturated heterocycles. The first-order chi connectivity index (χ1) is 8.61. The third-order valence-electron chi connectivity index (χ3n) is 2.77. The minimum absolute atomic E-state index is 0.0179. The average molecular weight is 265 g/mol. The van der Waals surface area contributed by atoms with Crippen molar-refractivity contribution >= 4 is 27.5 Å². The lowest BCUT2D eigenvalue weighted by Crippen LogP contribution is -2.37. The van der Waals surface area contributed by atoms with Gasteiger partial charge >= 0.3 is 0 Å². The summed E-state index contributed by atoms with van der Waals surface area (Å²) in [5, 5.41) is 4.65. The zero-order chi connectivity index (χ0) is 13.1. The molecule has 18 heavy (non-hydrogen) atoms. The third kappa shape index (κ3) is 2.59. The molecule has 0 aliphatic carbocycles. The molecule has 0 fully saturated rings. The van der Waals surface area contributed by atoms with Crippen LogP contribution in [0.1, 0.15) is 20.3 Å². The molecule has 2 aromatic rings. The Morgan fingerprint density at radius 2 is 2.39 bits per heavy atom. The van der Waals surface area contributed by atoms with Crippen LogP contribution in [-0.2, 0) is 11.3 Å². The summed E-state index contributed by atoms with van der Waals surface area (Å²) in [5.41, 5.74) is 0.526. The Balaban J connectivity index is 2.19. The number of carbonyl (C=O) groups excluding carboxylic acids is 1. The minimum atomic E-state index is -0.163. The van der Waals surface area contributed by atoms with Crippen LogP contribution >= 0.6 is 11.3 Å². The van der Waals surface area contributed by atoms with Crippen molar-refractivity contribution in [3.63, 3.8) is 0 Å². The van der Waals surface area contributed by atoms with Gasteiger partial charge in [0.1, 0.15) is 11.2 Å². The van der Waals surface area contributed by atoms with E-state index in [-0.39, 0.29) is 24.1 Å². The van der Waals surface area contributed by atoms with Crippen molar-refractivity contribution < 1.29 is 4.79 Å². The number of hydrogen-bond donors (Lipinski definition) is 1. The van der Waals surface area contributed by atoms with Crippen LogP contribution in [0.2, 0.25) is 0 Å². The number of thiophene rings is 1. The molecule has 96 valence electrons. The number of fused-ring (bicyclic) bond motifs is 1. The second-order valence-corrected chi connectivity index (χ2v) is 5.11. The summed E-state index contributed by atoms with van der Waals surface area (Å²) in [4.78, 5) is 27.9. The van der Waals surface area contributed by atoms with Gasteiger partial charge in [-0.2, -0.15) is 0 Å².